The Morgan fingerprint density at radius 3 is 2.83 bits per heavy atom. The number of hydrogen-bond acceptors (Lipinski definition) is 4. The average Bonchev–Trinajstić information content (AvgIpc) is 2.97. The van der Waals surface area contributed by atoms with Crippen LogP contribution in [-0.2, 0) is 6.42 Å². The van der Waals surface area contributed by atoms with Gasteiger partial charge in [-0.05, 0) is 36.8 Å². The van der Waals surface area contributed by atoms with Crippen molar-refractivity contribution in [1.82, 2.24) is 9.78 Å². The first-order valence-electron chi connectivity index (χ1n) is 8.56. The zero-order chi connectivity index (χ0) is 17.2. The molecular formula is C19H25N3O2. The van der Waals surface area contributed by atoms with Crippen molar-refractivity contribution in [2.75, 3.05) is 6.61 Å². The van der Waals surface area contributed by atoms with E-state index in [1.807, 2.05) is 28.9 Å². The van der Waals surface area contributed by atoms with Crippen LogP contribution in [0.25, 0.3) is 5.69 Å². The second-order valence-electron chi connectivity index (χ2n) is 7.15. The molecule has 5 heteroatoms. The van der Waals surface area contributed by atoms with Gasteiger partial charge in [-0.15, -0.1) is 0 Å². The first-order valence-corrected chi connectivity index (χ1v) is 8.56. The number of nitrogens with zero attached hydrogens (tertiary/aromatic N) is 3. The summed E-state index contributed by atoms with van der Waals surface area (Å²) in [6, 6.07) is 7.97. The summed E-state index contributed by atoms with van der Waals surface area (Å²) in [4.78, 5) is 0. The molecule has 0 saturated heterocycles. The summed E-state index contributed by atoms with van der Waals surface area (Å²) >= 11 is 0. The van der Waals surface area contributed by atoms with Crippen molar-refractivity contribution >= 4 is 5.71 Å². The van der Waals surface area contributed by atoms with Gasteiger partial charge in [-0.3, -0.25) is 0 Å². The second-order valence-corrected chi connectivity index (χ2v) is 7.15. The Morgan fingerprint density at radius 2 is 2.08 bits per heavy atom. The molecule has 0 atom stereocenters. The monoisotopic (exact) mass is 327 g/mol. The summed E-state index contributed by atoms with van der Waals surface area (Å²) in [7, 11) is 0. The minimum Gasteiger partial charge on any atom is -0.491 e. The summed E-state index contributed by atoms with van der Waals surface area (Å²) in [6.07, 6.45) is 5.55. The maximum absolute atomic E-state index is 9.37. The van der Waals surface area contributed by atoms with E-state index in [2.05, 4.69) is 31.0 Å². The summed E-state index contributed by atoms with van der Waals surface area (Å²) in [6.45, 7) is 7.22. The average molecular weight is 327 g/mol. The fraction of sp³-hybridized carbons (Fsp3) is 0.474. The van der Waals surface area contributed by atoms with Gasteiger partial charge in [-0.2, -0.15) is 5.10 Å². The lowest BCUT2D eigenvalue weighted by atomic mass is 9.76. The first kappa shape index (κ1) is 16.6. The zero-order valence-electron chi connectivity index (χ0n) is 14.6. The fourth-order valence-corrected chi connectivity index (χ4v) is 3.23. The van der Waals surface area contributed by atoms with Crippen molar-refractivity contribution in [2.24, 2.45) is 10.6 Å². The highest BCUT2D eigenvalue weighted by molar-refractivity contribution is 6.02. The standard InChI is InChI=1S/C19H25N3O2/c1-4-5-10-24-18-9-7-6-8-16(18)22-17-12-19(2,3)11-15(21-23)14(17)13-20-22/h6-9,13,23H,4-5,10-12H2,1-3H3. The molecule has 0 radical (unpaired) electrons. The molecule has 128 valence electrons. The highest BCUT2D eigenvalue weighted by Crippen LogP contribution is 2.37. The van der Waals surface area contributed by atoms with Crippen molar-refractivity contribution in [3.05, 3.63) is 41.7 Å². The highest BCUT2D eigenvalue weighted by Gasteiger charge is 2.33. The Morgan fingerprint density at radius 1 is 1.29 bits per heavy atom. The van der Waals surface area contributed by atoms with Crippen LogP contribution in [0.1, 0.15) is 51.3 Å². The molecule has 1 N–H and O–H groups in total. The normalized spacial score (nSPS) is 17.7. The van der Waals surface area contributed by atoms with Crippen molar-refractivity contribution in [3.63, 3.8) is 0 Å². The Bertz CT molecular complexity index is 747. The summed E-state index contributed by atoms with van der Waals surface area (Å²) < 4.78 is 7.89. The molecule has 0 saturated carbocycles. The number of fused-ring (bicyclic) bond motifs is 1. The Kier molecular flexibility index (Phi) is 4.60. The molecule has 1 aromatic heterocycles. The van der Waals surface area contributed by atoms with Gasteiger partial charge in [-0.25, -0.2) is 4.68 Å². The van der Waals surface area contributed by atoms with Gasteiger partial charge in [0.15, 0.2) is 0 Å². The van der Waals surface area contributed by atoms with Crippen LogP contribution in [0.2, 0.25) is 0 Å². The van der Waals surface area contributed by atoms with Crippen molar-refractivity contribution in [1.29, 1.82) is 0 Å². The van der Waals surface area contributed by atoms with Gasteiger partial charge in [0.2, 0.25) is 0 Å². The van der Waals surface area contributed by atoms with E-state index in [1.54, 1.807) is 6.20 Å². The van der Waals surface area contributed by atoms with Crippen LogP contribution in [0, 0.1) is 5.41 Å². The molecule has 0 amide bonds. The van der Waals surface area contributed by atoms with Gasteiger partial charge < -0.3 is 9.94 Å². The third kappa shape index (κ3) is 3.16. The van der Waals surface area contributed by atoms with E-state index in [4.69, 9.17) is 4.74 Å². The smallest absolute Gasteiger partial charge is 0.144 e. The molecule has 0 bridgehead atoms. The molecule has 0 spiro atoms. The molecule has 5 nitrogen and oxygen atoms in total. The van der Waals surface area contributed by atoms with Gasteiger partial charge in [0, 0.05) is 5.56 Å². The van der Waals surface area contributed by atoms with E-state index in [0.717, 1.165) is 48.4 Å². The van der Waals surface area contributed by atoms with E-state index in [-0.39, 0.29) is 5.41 Å². The van der Waals surface area contributed by atoms with Gasteiger partial charge in [0.05, 0.1) is 24.2 Å². The summed E-state index contributed by atoms with van der Waals surface area (Å²) in [5, 5.41) is 17.4. The van der Waals surface area contributed by atoms with Crippen molar-refractivity contribution in [3.8, 4) is 11.4 Å². The number of hydrogen-bond donors (Lipinski definition) is 1. The van der Waals surface area contributed by atoms with Gasteiger partial charge in [-0.1, -0.05) is 44.5 Å². The van der Waals surface area contributed by atoms with Crippen LogP contribution < -0.4 is 4.74 Å². The number of oxime groups is 1. The summed E-state index contributed by atoms with van der Waals surface area (Å²) in [5.41, 5.74) is 3.68. The number of aromatic nitrogens is 2. The number of unbranched alkanes of at least 4 members (excludes halogenated alkanes) is 1. The maximum atomic E-state index is 9.37. The third-order valence-electron chi connectivity index (χ3n) is 4.44. The van der Waals surface area contributed by atoms with E-state index >= 15 is 0 Å². The van der Waals surface area contributed by atoms with Crippen molar-refractivity contribution < 1.29 is 9.94 Å². The quantitative estimate of drug-likeness (QED) is 0.508. The predicted octanol–water partition coefficient (Wildman–Crippen LogP) is 4.20. The Labute approximate surface area is 142 Å². The maximum Gasteiger partial charge on any atom is 0.144 e. The minimum atomic E-state index is 0.0321. The van der Waals surface area contributed by atoms with Gasteiger partial charge in [0.1, 0.15) is 11.4 Å². The first-order chi connectivity index (χ1) is 11.6. The predicted molar refractivity (Wildman–Crippen MR) is 94.4 cm³/mol. The lowest BCUT2D eigenvalue weighted by Gasteiger charge is -2.30. The van der Waals surface area contributed by atoms with Crippen LogP contribution >= 0.6 is 0 Å². The molecule has 0 unspecified atom stereocenters. The molecule has 0 fully saturated rings. The van der Waals surface area contributed by atoms with Crippen LogP contribution in [0.3, 0.4) is 0 Å². The molecule has 1 heterocycles. The third-order valence-corrected chi connectivity index (χ3v) is 4.44. The van der Waals surface area contributed by atoms with Gasteiger partial charge in [0.25, 0.3) is 0 Å². The Balaban J connectivity index is 2.02. The molecule has 1 aromatic carbocycles. The molecular weight excluding hydrogens is 302 g/mol. The second kappa shape index (κ2) is 6.67. The van der Waals surface area contributed by atoms with Crippen LogP contribution in [-0.4, -0.2) is 27.3 Å². The SMILES string of the molecule is CCCCOc1ccccc1-n1ncc2c1CC(C)(C)CC2=NO. The Hall–Kier alpha value is -2.30. The molecule has 24 heavy (non-hydrogen) atoms. The van der Waals surface area contributed by atoms with Gasteiger partial charge >= 0.3 is 0 Å². The largest absolute Gasteiger partial charge is 0.491 e. The van der Waals surface area contributed by atoms with Crippen LogP contribution in [0.15, 0.2) is 35.6 Å². The van der Waals surface area contributed by atoms with E-state index in [1.165, 1.54) is 0 Å². The molecule has 2 aromatic rings. The van der Waals surface area contributed by atoms with Crippen LogP contribution in [0.4, 0.5) is 0 Å². The molecule has 1 aliphatic rings. The number of para-hydroxylation sites is 2. The minimum absolute atomic E-state index is 0.0321. The van der Waals surface area contributed by atoms with E-state index in [0.29, 0.717) is 12.3 Å². The number of benzene rings is 1. The van der Waals surface area contributed by atoms with Crippen molar-refractivity contribution in [2.45, 2.75) is 46.5 Å². The van der Waals surface area contributed by atoms with E-state index < -0.39 is 0 Å². The molecule has 1 aliphatic carbocycles. The molecule has 3 rings (SSSR count). The molecule has 0 aliphatic heterocycles. The highest BCUT2D eigenvalue weighted by atomic mass is 16.5. The zero-order valence-corrected chi connectivity index (χ0v) is 14.6. The van der Waals surface area contributed by atoms with Crippen LogP contribution in [0.5, 0.6) is 5.75 Å². The lowest BCUT2D eigenvalue weighted by Crippen LogP contribution is -2.28. The fourth-order valence-electron chi connectivity index (χ4n) is 3.23. The topological polar surface area (TPSA) is 59.6 Å². The van der Waals surface area contributed by atoms with E-state index in [9.17, 15) is 5.21 Å². The summed E-state index contributed by atoms with van der Waals surface area (Å²) in [5.74, 6) is 0.836. The number of rotatable bonds is 5. The lowest BCUT2D eigenvalue weighted by molar-refractivity contribution is 0.303. The number of ether oxygens (including phenoxy) is 1.